The lowest BCUT2D eigenvalue weighted by atomic mass is 10.2. The number of benzene rings is 1. The summed E-state index contributed by atoms with van der Waals surface area (Å²) in [5.74, 6) is -0.00113. The van der Waals surface area contributed by atoms with Gasteiger partial charge in [0, 0.05) is 11.6 Å². The number of methoxy groups -OCH3 is 2. The van der Waals surface area contributed by atoms with Gasteiger partial charge in [0.25, 0.3) is 10.0 Å². The average molecular weight is 515 g/mol. The Morgan fingerprint density at radius 1 is 1.13 bits per heavy atom. The zero-order valence-electron chi connectivity index (χ0n) is 15.4. The van der Waals surface area contributed by atoms with E-state index in [4.69, 9.17) is 21.1 Å². The van der Waals surface area contributed by atoms with Crippen molar-refractivity contribution in [1.29, 1.82) is 0 Å². The van der Waals surface area contributed by atoms with Crippen molar-refractivity contribution < 1.29 is 17.9 Å². The molecule has 0 aliphatic carbocycles. The third-order valence-corrected chi connectivity index (χ3v) is 6.40. The molecule has 0 spiro atoms. The van der Waals surface area contributed by atoms with Crippen LogP contribution in [0.15, 0.2) is 40.1 Å². The first-order chi connectivity index (χ1) is 14.4. The third-order valence-electron chi connectivity index (χ3n) is 4.05. The van der Waals surface area contributed by atoms with Crippen LogP contribution in [0, 0.1) is 0 Å². The molecule has 156 valence electrons. The van der Waals surface area contributed by atoms with Crippen LogP contribution < -0.4 is 14.2 Å². The Balaban J connectivity index is 1.80. The molecule has 4 rings (SSSR count). The molecule has 0 amide bonds. The second-order valence-electron chi connectivity index (χ2n) is 5.78. The second kappa shape index (κ2) is 7.74. The van der Waals surface area contributed by atoms with Gasteiger partial charge in [-0.15, -0.1) is 4.80 Å². The molecule has 1 aromatic carbocycles. The lowest BCUT2D eigenvalue weighted by Crippen LogP contribution is -2.15. The van der Waals surface area contributed by atoms with E-state index in [0.29, 0.717) is 26.1 Å². The molecule has 0 radical (unpaired) electrons. The molecule has 0 atom stereocenters. The number of aromatic nitrogens is 6. The van der Waals surface area contributed by atoms with E-state index in [1.807, 2.05) is 0 Å². The maximum absolute atomic E-state index is 13.1. The predicted molar refractivity (Wildman–Crippen MR) is 112 cm³/mol. The van der Waals surface area contributed by atoms with Crippen molar-refractivity contribution in [2.45, 2.75) is 4.90 Å². The molecular formula is C16H13BrClN7O4S. The molecule has 4 aromatic rings. The van der Waals surface area contributed by atoms with Crippen LogP contribution in [0.2, 0.25) is 5.02 Å². The first kappa shape index (κ1) is 20.4. The van der Waals surface area contributed by atoms with Gasteiger partial charge in [-0.1, -0.05) is 11.6 Å². The summed E-state index contributed by atoms with van der Waals surface area (Å²) in [6.07, 6.45) is 4.32. The summed E-state index contributed by atoms with van der Waals surface area (Å²) in [7, 11) is -1.31. The maximum Gasteiger partial charge on any atom is 0.266 e. The SMILES string of the molecule is COc1nc(NS(=O)(=O)c2c[nH]c3c(-n4nccn4)c(Cl)ccc23)nc(OC)c1Br. The summed E-state index contributed by atoms with van der Waals surface area (Å²) < 4.78 is 39.1. The van der Waals surface area contributed by atoms with Crippen LogP contribution in [0.5, 0.6) is 11.8 Å². The Bertz CT molecular complexity index is 1320. The van der Waals surface area contributed by atoms with Crippen molar-refractivity contribution in [2.24, 2.45) is 0 Å². The lowest BCUT2D eigenvalue weighted by Gasteiger charge is -2.11. The van der Waals surface area contributed by atoms with Crippen LogP contribution in [-0.2, 0) is 10.0 Å². The van der Waals surface area contributed by atoms with E-state index < -0.39 is 10.0 Å². The van der Waals surface area contributed by atoms with Crippen molar-refractivity contribution >= 4 is 54.4 Å². The number of rotatable bonds is 6. The van der Waals surface area contributed by atoms with Crippen molar-refractivity contribution in [2.75, 3.05) is 18.9 Å². The largest absolute Gasteiger partial charge is 0.480 e. The van der Waals surface area contributed by atoms with Crippen molar-refractivity contribution in [1.82, 2.24) is 29.9 Å². The molecule has 0 saturated heterocycles. The smallest absolute Gasteiger partial charge is 0.266 e. The fraction of sp³-hybridized carbons (Fsp3) is 0.125. The zero-order valence-corrected chi connectivity index (χ0v) is 18.6. The Morgan fingerprint density at radius 3 is 2.37 bits per heavy atom. The monoisotopic (exact) mass is 513 g/mol. The molecule has 0 bridgehead atoms. The summed E-state index contributed by atoms with van der Waals surface area (Å²) in [4.78, 5) is 12.3. The second-order valence-corrected chi connectivity index (χ2v) is 8.63. The Labute approximate surface area is 183 Å². The first-order valence-electron chi connectivity index (χ1n) is 8.20. The fourth-order valence-electron chi connectivity index (χ4n) is 2.78. The summed E-state index contributed by atoms with van der Waals surface area (Å²) >= 11 is 9.53. The van der Waals surface area contributed by atoms with Gasteiger partial charge in [-0.05, 0) is 28.1 Å². The number of H-pyrrole nitrogens is 1. The number of nitrogens with one attached hydrogen (secondary N) is 2. The number of hydrogen-bond donors (Lipinski definition) is 2. The van der Waals surface area contributed by atoms with Crippen molar-refractivity contribution in [3.05, 3.63) is 40.2 Å². The number of anilines is 1. The number of hydrogen-bond acceptors (Lipinski definition) is 8. The minimum absolute atomic E-state index is 0.0352. The van der Waals surface area contributed by atoms with E-state index in [9.17, 15) is 8.42 Å². The van der Waals surface area contributed by atoms with E-state index in [1.54, 1.807) is 12.1 Å². The minimum atomic E-state index is -4.08. The normalized spacial score (nSPS) is 11.6. The van der Waals surface area contributed by atoms with Gasteiger partial charge in [-0.3, -0.25) is 0 Å². The van der Waals surface area contributed by atoms with E-state index in [0.717, 1.165) is 0 Å². The van der Waals surface area contributed by atoms with E-state index in [-0.39, 0.29) is 22.6 Å². The predicted octanol–water partition coefficient (Wildman–Crippen LogP) is 2.77. The van der Waals surface area contributed by atoms with Gasteiger partial charge in [0.1, 0.15) is 15.1 Å². The van der Waals surface area contributed by atoms with Gasteiger partial charge < -0.3 is 14.5 Å². The number of fused-ring (bicyclic) bond motifs is 1. The molecule has 2 N–H and O–H groups in total. The van der Waals surface area contributed by atoms with Crippen LogP contribution in [0.25, 0.3) is 16.6 Å². The number of nitrogens with zero attached hydrogens (tertiary/aromatic N) is 5. The Morgan fingerprint density at radius 2 is 1.77 bits per heavy atom. The third kappa shape index (κ3) is 3.44. The molecule has 0 fully saturated rings. The van der Waals surface area contributed by atoms with E-state index >= 15 is 0 Å². The summed E-state index contributed by atoms with van der Waals surface area (Å²) in [5, 5.41) is 8.87. The Kier molecular flexibility index (Phi) is 5.26. The maximum atomic E-state index is 13.1. The zero-order chi connectivity index (χ0) is 21.5. The van der Waals surface area contributed by atoms with Gasteiger partial charge in [0.2, 0.25) is 17.7 Å². The topological polar surface area (TPSA) is 137 Å². The summed E-state index contributed by atoms with van der Waals surface area (Å²) in [6.45, 7) is 0. The Hall–Kier alpha value is -2.90. The highest BCUT2D eigenvalue weighted by molar-refractivity contribution is 9.10. The van der Waals surface area contributed by atoms with Crippen LogP contribution in [0.1, 0.15) is 0 Å². The molecule has 0 saturated carbocycles. The van der Waals surface area contributed by atoms with Gasteiger partial charge >= 0.3 is 0 Å². The molecule has 14 heteroatoms. The molecule has 3 aromatic heterocycles. The van der Waals surface area contributed by atoms with Gasteiger partial charge in [-0.25, -0.2) is 13.1 Å². The number of aromatic amines is 1. The molecule has 0 unspecified atom stereocenters. The van der Waals surface area contributed by atoms with E-state index in [1.165, 1.54) is 37.6 Å². The van der Waals surface area contributed by atoms with Crippen molar-refractivity contribution in [3.8, 4) is 17.4 Å². The standard InChI is InChI=1S/C16H13BrClN7O4S/c1-28-14-11(17)15(29-2)23-16(22-14)24-30(26,27)10-7-19-12-8(10)3-4-9(18)13(12)25-20-5-6-21-25/h3-7,19H,1-2H3,(H,22,23,24). The summed E-state index contributed by atoms with van der Waals surface area (Å²) in [5.41, 5.74) is 0.870. The molecule has 0 aliphatic heterocycles. The minimum Gasteiger partial charge on any atom is -0.480 e. The summed E-state index contributed by atoms with van der Waals surface area (Å²) in [6, 6.07) is 3.15. The first-order valence-corrected chi connectivity index (χ1v) is 10.9. The fourth-order valence-corrected chi connectivity index (χ4v) is 4.63. The quantitative estimate of drug-likeness (QED) is 0.401. The highest BCUT2D eigenvalue weighted by Crippen LogP contribution is 2.34. The molecule has 0 aliphatic rings. The van der Waals surface area contributed by atoms with Crippen LogP contribution >= 0.6 is 27.5 Å². The molecular weight excluding hydrogens is 502 g/mol. The number of ether oxygens (including phenoxy) is 2. The molecule has 11 nitrogen and oxygen atoms in total. The molecule has 3 heterocycles. The van der Waals surface area contributed by atoms with Gasteiger partial charge in [-0.2, -0.15) is 20.2 Å². The molecule has 30 heavy (non-hydrogen) atoms. The number of halogens is 2. The lowest BCUT2D eigenvalue weighted by molar-refractivity contribution is 0.368. The highest BCUT2D eigenvalue weighted by Gasteiger charge is 2.24. The van der Waals surface area contributed by atoms with Crippen LogP contribution in [-0.4, -0.2) is 52.6 Å². The van der Waals surface area contributed by atoms with Crippen LogP contribution in [0.4, 0.5) is 5.95 Å². The van der Waals surface area contributed by atoms with Gasteiger partial charge in [0.15, 0.2) is 0 Å². The van der Waals surface area contributed by atoms with Gasteiger partial charge in [0.05, 0.1) is 37.2 Å². The van der Waals surface area contributed by atoms with Crippen LogP contribution in [0.3, 0.4) is 0 Å². The van der Waals surface area contributed by atoms with E-state index in [2.05, 4.69) is 45.8 Å². The number of sulfonamides is 1. The van der Waals surface area contributed by atoms with Crippen molar-refractivity contribution in [3.63, 3.8) is 0 Å². The average Bonchev–Trinajstić information content (AvgIpc) is 3.39. The highest BCUT2D eigenvalue weighted by atomic mass is 79.9.